The Balaban J connectivity index is 1.02. The van der Waals surface area contributed by atoms with Gasteiger partial charge in [0.2, 0.25) is 0 Å². The van der Waals surface area contributed by atoms with E-state index in [-0.39, 0.29) is 0 Å². The summed E-state index contributed by atoms with van der Waals surface area (Å²) in [6.07, 6.45) is 0. The molecular formula is C58H36N2OS. The minimum Gasteiger partial charge on any atom is -0.455 e. The second-order valence-corrected chi connectivity index (χ2v) is 17.0. The molecule has 0 aliphatic rings. The molecule has 0 saturated carbocycles. The van der Waals surface area contributed by atoms with E-state index < -0.39 is 0 Å². The van der Waals surface area contributed by atoms with E-state index in [9.17, 15) is 0 Å². The maximum Gasteiger partial charge on any atom is 0.143 e. The lowest BCUT2D eigenvalue weighted by Gasteiger charge is -2.29. The molecule has 0 radical (unpaired) electrons. The second-order valence-electron chi connectivity index (χ2n) is 16.0. The van der Waals surface area contributed by atoms with E-state index in [1.54, 1.807) is 0 Å². The lowest BCUT2D eigenvalue weighted by atomic mass is 9.96. The quantitative estimate of drug-likeness (QED) is 0.167. The van der Waals surface area contributed by atoms with Crippen LogP contribution in [-0.4, -0.2) is 4.57 Å². The van der Waals surface area contributed by atoms with Crippen molar-refractivity contribution in [3.63, 3.8) is 0 Å². The highest BCUT2D eigenvalue weighted by Gasteiger charge is 2.24. The van der Waals surface area contributed by atoms with Crippen molar-refractivity contribution in [2.75, 3.05) is 4.90 Å². The smallest absolute Gasteiger partial charge is 0.143 e. The molecule has 0 fully saturated rings. The number of nitrogens with zero attached hydrogens (tertiary/aromatic N) is 2. The van der Waals surface area contributed by atoms with Gasteiger partial charge in [-0.1, -0.05) is 158 Å². The summed E-state index contributed by atoms with van der Waals surface area (Å²) in [6, 6.07) is 79.1. The molecular weight excluding hydrogens is 773 g/mol. The van der Waals surface area contributed by atoms with E-state index in [0.29, 0.717) is 0 Å². The number of benzene rings is 10. The maximum absolute atomic E-state index is 6.71. The van der Waals surface area contributed by atoms with Crippen LogP contribution in [0, 0.1) is 0 Å². The molecule has 13 aromatic rings. The normalized spacial score (nSPS) is 11.9. The highest BCUT2D eigenvalue weighted by atomic mass is 32.1. The Hall–Kier alpha value is -7.92. The summed E-state index contributed by atoms with van der Waals surface area (Å²) < 4.78 is 11.7. The van der Waals surface area contributed by atoms with Crippen molar-refractivity contribution >= 4 is 103 Å². The van der Waals surface area contributed by atoms with Crippen LogP contribution in [0.5, 0.6) is 0 Å². The first-order chi connectivity index (χ1) is 30.8. The Morgan fingerprint density at radius 1 is 0.403 bits per heavy atom. The number of furan rings is 1. The Morgan fingerprint density at radius 3 is 1.84 bits per heavy atom. The van der Waals surface area contributed by atoms with Crippen molar-refractivity contribution in [3.05, 3.63) is 218 Å². The Labute approximate surface area is 361 Å². The minimum atomic E-state index is 0.882. The molecule has 0 bridgehead atoms. The number of hydrogen-bond donors (Lipinski definition) is 0. The zero-order valence-corrected chi connectivity index (χ0v) is 34.3. The molecule has 62 heavy (non-hydrogen) atoms. The summed E-state index contributed by atoms with van der Waals surface area (Å²) in [4.78, 5) is 2.46. The highest BCUT2D eigenvalue weighted by molar-refractivity contribution is 7.26. The third-order valence-electron chi connectivity index (χ3n) is 12.6. The van der Waals surface area contributed by atoms with Crippen molar-refractivity contribution in [2.45, 2.75) is 0 Å². The predicted molar refractivity (Wildman–Crippen MR) is 264 cm³/mol. The molecule has 10 aromatic carbocycles. The average Bonchev–Trinajstić information content (AvgIpc) is 4.03. The van der Waals surface area contributed by atoms with Crippen molar-refractivity contribution in [1.82, 2.24) is 4.57 Å². The fraction of sp³-hybridized carbons (Fsp3) is 0. The van der Waals surface area contributed by atoms with Gasteiger partial charge in [-0.05, 0) is 77.2 Å². The summed E-state index contributed by atoms with van der Waals surface area (Å²) in [5.74, 6) is 0. The van der Waals surface area contributed by atoms with Crippen molar-refractivity contribution in [1.29, 1.82) is 0 Å². The van der Waals surface area contributed by atoms with E-state index in [2.05, 4.69) is 228 Å². The number of hydrogen-bond acceptors (Lipinski definition) is 3. The number of thiophene rings is 1. The number of fused-ring (bicyclic) bond motifs is 11. The van der Waals surface area contributed by atoms with Crippen molar-refractivity contribution < 1.29 is 4.42 Å². The molecule has 290 valence electrons. The molecule has 3 heterocycles. The molecule has 0 N–H and O–H groups in total. The van der Waals surface area contributed by atoms with E-state index in [0.717, 1.165) is 66.8 Å². The van der Waals surface area contributed by atoms with Gasteiger partial charge in [0.15, 0.2) is 0 Å². The summed E-state index contributed by atoms with van der Waals surface area (Å²) in [7, 11) is 0. The number of para-hydroxylation sites is 4. The summed E-state index contributed by atoms with van der Waals surface area (Å²) in [5, 5.41) is 9.59. The third kappa shape index (κ3) is 5.24. The van der Waals surface area contributed by atoms with Crippen LogP contribution in [-0.2, 0) is 0 Å². The number of anilines is 3. The molecule has 13 rings (SSSR count). The van der Waals surface area contributed by atoms with Crippen LogP contribution in [0.3, 0.4) is 0 Å². The van der Waals surface area contributed by atoms with Gasteiger partial charge >= 0.3 is 0 Å². The average molecular weight is 809 g/mol. The first kappa shape index (κ1) is 34.9. The lowest BCUT2D eigenvalue weighted by molar-refractivity contribution is 0.673. The minimum absolute atomic E-state index is 0.882. The molecule has 0 aliphatic heterocycles. The van der Waals surface area contributed by atoms with Gasteiger partial charge in [0, 0.05) is 59.2 Å². The van der Waals surface area contributed by atoms with E-state index in [4.69, 9.17) is 4.42 Å². The standard InChI is InChI=1S/C58H36N2OS/c1-2-17-41-37(15-1)33-36-48-56-46(22-14-29-54(56)61-57(41)48)44-20-6-9-25-50(44)59(53-28-13-23-47-45-21-7-12-30-55(45)62-58(47)53)39-34-31-38(32-35-39)40-16-3-8-24-49(40)60-51-26-10-4-18-42(51)43-19-5-11-27-52(43)60/h1-36H. The molecule has 0 spiro atoms. The molecule has 0 atom stereocenters. The first-order valence-electron chi connectivity index (χ1n) is 21.1. The van der Waals surface area contributed by atoms with Gasteiger partial charge in [0.1, 0.15) is 11.2 Å². The summed E-state index contributed by atoms with van der Waals surface area (Å²) in [6.45, 7) is 0. The summed E-state index contributed by atoms with van der Waals surface area (Å²) in [5.41, 5.74) is 13.3. The van der Waals surface area contributed by atoms with Crippen molar-refractivity contribution in [2.24, 2.45) is 0 Å². The maximum atomic E-state index is 6.71. The molecule has 0 amide bonds. The van der Waals surface area contributed by atoms with Crippen LogP contribution < -0.4 is 4.90 Å². The number of rotatable bonds is 6. The molecule has 0 saturated heterocycles. The summed E-state index contributed by atoms with van der Waals surface area (Å²) >= 11 is 1.86. The second kappa shape index (κ2) is 13.8. The van der Waals surface area contributed by atoms with Crippen LogP contribution in [0.2, 0.25) is 0 Å². The fourth-order valence-electron chi connectivity index (χ4n) is 9.88. The Kier molecular flexibility index (Phi) is 7.78. The molecule has 0 unspecified atom stereocenters. The van der Waals surface area contributed by atoms with Gasteiger partial charge in [-0.3, -0.25) is 0 Å². The van der Waals surface area contributed by atoms with Crippen molar-refractivity contribution in [3.8, 4) is 27.9 Å². The fourth-order valence-corrected chi connectivity index (χ4v) is 11.1. The molecule has 4 heteroatoms. The van der Waals surface area contributed by atoms with Gasteiger partial charge in [0.25, 0.3) is 0 Å². The third-order valence-corrected chi connectivity index (χ3v) is 13.8. The monoisotopic (exact) mass is 808 g/mol. The molecule has 0 aliphatic carbocycles. The van der Waals surface area contributed by atoms with E-state index in [1.807, 2.05) is 11.3 Å². The topological polar surface area (TPSA) is 21.3 Å². The zero-order chi connectivity index (χ0) is 40.7. The zero-order valence-electron chi connectivity index (χ0n) is 33.5. The Bertz CT molecular complexity index is 3830. The van der Waals surface area contributed by atoms with E-state index >= 15 is 0 Å². The van der Waals surface area contributed by atoms with Gasteiger partial charge in [-0.15, -0.1) is 11.3 Å². The van der Waals surface area contributed by atoms with Crippen LogP contribution >= 0.6 is 11.3 Å². The molecule has 3 nitrogen and oxygen atoms in total. The van der Waals surface area contributed by atoms with Gasteiger partial charge in [-0.25, -0.2) is 0 Å². The van der Waals surface area contributed by atoms with Gasteiger partial charge in [-0.2, -0.15) is 0 Å². The Morgan fingerprint density at radius 2 is 1.02 bits per heavy atom. The van der Waals surface area contributed by atoms with E-state index in [1.165, 1.54) is 52.9 Å². The van der Waals surface area contributed by atoms with Gasteiger partial charge in [0.05, 0.1) is 32.8 Å². The largest absolute Gasteiger partial charge is 0.455 e. The van der Waals surface area contributed by atoms with Gasteiger partial charge < -0.3 is 13.9 Å². The predicted octanol–water partition coefficient (Wildman–Crippen LogP) is 17.0. The first-order valence-corrected chi connectivity index (χ1v) is 21.9. The lowest BCUT2D eigenvalue weighted by Crippen LogP contribution is -2.11. The number of aromatic nitrogens is 1. The highest BCUT2D eigenvalue weighted by Crippen LogP contribution is 2.49. The van der Waals surface area contributed by atoms with Crippen LogP contribution in [0.25, 0.3) is 103 Å². The van der Waals surface area contributed by atoms with Crippen LogP contribution in [0.15, 0.2) is 223 Å². The molecule has 3 aromatic heterocycles. The SMILES string of the molecule is c1ccc(N(c2ccc(-c3ccccc3-n3c4ccccc4c4ccccc43)cc2)c2cccc3c2sc2ccccc23)c(-c2cccc3oc4c5ccccc5ccc4c23)c1. The van der Waals surface area contributed by atoms with Crippen LogP contribution in [0.4, 0.5) is 17.1 Å². The van der Waals surface area contributed by atoms with Crippen LogP contribution in [0.1, 0.15) is 0 Å².